The molecule has 0 radical (unpaired) electrons. The van der Waals surface area contributed by atoms with E-state index in [2.05, 4.69) is 0 Å². The van der Waals surface area contributed by atoms with E-state index in [0.29, 0.717) is 18.5 Å². The first-order valence-corrected chi connectivity index (χ1v) is 6.54. The molecule has 0 saturated heterocycles. The predicted molar refractivity (Wildman–Crippen MR) is 70.5 cm³/mol. The van der Waals surface area contributed by atoms with Gasteiger partial charge in [0.1, 0.15) is 0 Å². The van der Waals surface area contributed by atoms with Crippen LogP contribution >= 0.6 is 0 Å². The van der Waals surface area contributed by atoms with Crippen molar-refractivity contribution in [2.45, 2.75) is 26.2 Å². The van der Waals surface area contributed by atoms with Crippen molar-refractivity contribution in [2.75, 3.05) is 19.8 Å². The monoisotopic (exact) mass is 287 g/mol. The fraction of sp³-hybridized carbons (Fsp3) is 0.500. The molecular weight excluding hydrogens is 268 g/mol. The fourth-order valence-electron chi connectivity index (χ4n) is 1.56. The van der Waals surface area contributed by atoms with E-state index in [1.165, 1.54) is 0 Å². The summed E-state index contributed by atoms with van der Waals surface area (Å²) < 4.78 is 36.9. The number of nitrogens with two attached hydrogens (primary N) is 1. The standard InChI is InChI=1S/C14H19F2NO3/c1-2-3-6-19-13(18)9-20-14-11(15)7-10(4-5-17)8-12(14)16/h7-8H,2-6,9,17H2,1H3. The Morgan fingerprint density at radius 1 is 1.30 bits per heavy atom. The lowest BCUT2D eigenvalue weighted by atomic mass is 10.1. The second kappa shape index (κ2) is 8.47. The minimum absolute atomic E-state index is 0.277. The molecule has 0 amide bonds. The number of ether oxygens (including phenoxy) is 2. The lowest BCUT2D eigenvalue weighted by Gasteiger charge is -2.10. The molecule has 0 aromatic heterocycles. The van der Waals surface area contributed by atoms with E-state index < -0.39 is 30.0 Å². The van der Waals surface area contributed by atoms with Gasteiger partial charge >= 0.3 is 5.97 Å². The third-order valence-corrected chi connectivity index (χ3v) is 2.59. The second-order valence-electron chi connectivity index (χ2n) is 4.29. The number of carbonyl (C=O) groups is 1. The minimum Gasteiger partial charge on any atom is -0.476 e. The molecule has 4 nitrogen and oxygen atoms in total. The van der Waals surface area contributed by atoms with Crippen LogP contribution in [0.1, 0.15) is 25.3 Å². The molecule has 6 heteroatoms. The third-order valence-electron chi connectivity index (χ3n) is 2.59. The zero-order valence-electron chi connectivity index (χ0n) is 11.5. The number of halogens is 2. The molecule has 0 fully saturated rings. The lowest BCUT2D eigenvalue weighted by Crippen LogP contribution is -2.16. The summed E-state index contributed by atoms with van der Waals surface area (Å²) in [6, 6.07) is 2.29. The maximum absolute atomic E-state index is 13.6. The zero-order chi connectivity index (χ0) is 15.0. The van der Waals surface area contributed by atoms with Gasteiger partial charge in [-0.25, -0.2) is 13.6 Å². The highest BCUT2D eigenvalue weighted by molar-refractivity contribution is 5.71. The van der Waals surface area contributed by atoms with Crippen LogP contribution in [-0.2, 0) is 16.0 Å². The Morgan fingerprint density at radius 3 is 2.50 bits per heavy atom. The van der Waals surface area contributed by atoms with Gasteiger partial charge in [-0.05, 0) is 37.1 Å². The molecule has 0 saturated carbocycles. The average molecular weight is 287 g/mol. The summed E-state index contributed by atoms with van der Waals surface area (Å²) in [7, 11) is 0. The van der Waals surface area contributed by atoms with Gasteiger partial charge in [0.2, 0.25) is 0 Å². The summed E-state index contributed by atoms with van der Waals surface area (Å²) in [5, 5.41) is 0. The number of hydrogen-bond acceptors (Lipinski definition) is 4. The summed E-state index contributed by atoms with van der Waals surface area (Å²) in [6.07, 6.45) is 2.00. The molecule has 0 spiro atoms. The van der Waals surface area contributed by atoms with Gasteiger partial charge in [0.25, 0.3) is 0 Å². The average Bonchev–Trinajstić information content (AvgIpc) is 2.38. The quantitative estimate of drug-likeness (QED) is 0.588. The van der Waals surface area contributed by atoms with Crippen LogP contribution < -0.4 is 10.5 Å². The van der Waals surface area contributed by atoms with Crippen LogP contribution in [0.4, 0.5) is 8.78 Å². The van der Waals surface area contributed by atoms with Gasteiger partial charge in [-0.15, -0.1) is 0 Å². The van der Waals surface area contributed by atoms with Crippen molar-refractivity contribution in [2.24, 2.45) is 5.73 Å². The van der Waals surface area contributed by atoms with Gasteiger partial charge in [0.05, 0.1) is 6.61 Å². The third kappa shape index (κ3) is 5.13. The maximum Gasteiger partial charge on any atom is 0.344 e. The molecule has 1 rings (SSSR count). The first-order chi connectivity index (χ1) is 9.58. The van der Waals surface area contributed by atoms with Crippen LogP contribution in [0.15, 0.2) is 12.1 Å². The summed E-state index contributed by atoms with van der Waals surface area (Å²) in [4.78, 5) is 11.3. The van der Waals surface area contributed by atoms with Crippen LogP contribution in [0.5, 0.6) is 5.75 Å². The molecular formula is C14H19F2NO3. The van der Waals surface area contributed by atoms with Gasteiger partial charge in [0, 0.05) is 0 Å². The van der Waals surface area contributed by atoms with Crippen molar-refractivity contribution in [3.63, 3.8) is 0 Å². The van der Waals surface area contributed by atoms with Gasteiger partial charge in [-0.3, -0.25) is 0 Å². The molecule has 2 N–H and O–H groups in total. The van der Waals surface area contributed by atoms with Gasteiger partial charge in [0.15, 0.2) is 24.0 Å². The fourth-order valence-corrected chi connectivity index (χ4v) is 1.56. The van der Waals surface area contributed by atoms with E-state index in [4.69, 9.17) is 15.2 Å². The summed E-state index contributed by atoms with van der Waals surface area (Å²) in [5.41, 5.74) is 5.76. The van der Waals surface area contributed by atoms with Crippen LogP contribution in [0.3, 0.4) is 0 Å². The van der Waals surface area contributed by atoms with Crippen molar-refractivity contribution in [3.8, 4) is 5.75 Å². The molecule has 0 aliphatic rings. The first kappa shape index (κ1) is 16.4. The Balaban J connectivity index is 2.57. The van der Waals surface area contributed by atoms with E-state index in [9.17, 15) is 13.6 Å². The number of rotatable bonds is 8. The number of carbonyl (C=O) groups excluding carboxylic acids is 1. The molecule has 0 heterocycles. The molecule has 1 aromatic carbocycles. The lowest BCUT2D eigenvalue weighted by molar-refractivity contribution is -0.146. The summed E-state index contributed by atoms with van der Waals surface area (Å²) >= 11 is 0. The van der Waals surface area contributed by atoms with Gasteiger partial charge in [-0.2, -0.15) is 0 Å². The van der Waals surface area contributed by atoms with Gasteiger partial charge in [-0.1, -0.05) is 13.3 Å². The Morgan fingerprint density at radius 2 is 1.95 bits per heavy atom. The minimum atomic E-state index is -0.852. The SMILES string of the molecule is CCCCOC(=O)COc1c(F)cc(CCN)cc1F. The molecule has 0 atom stereocenters. The van der Waals surface area contributed by atoms with Crippen molar-refractivity contribution >= 4 is 5.97 Å². The number of esters is 1. The Bertz CT molecular complexity index is 429. The van der Waals surface area contributed by atoms with E-state index in [0.717, 1.165) is 25.0 Å². The maximum atomic E-state index is 13.6. The summed E-state index contributed by atoms with van der Waals surface area (Å²) in [5.74, 6) is -2.92. The van der Waals surface area contributed by atoms with Crippen LogP contribution in [0, 0.1) is 11.6 Å². The Labute approximate surface area is 116 Å². The Hall–Kier alpha value is -1.69. The number of benzene rings is 1. The molecule has 112 valence electrons. The normalized spacial score (nSPS) is 10.4. The van der Waals surface area contributed by atoms with Crippen LogP contribution in [0.25, 0.3) is 0 Å². The van der Waals surface area contributed by atoms with Gasteiger partial charge < -0.3 is 15.2 Å². The van der Waals surface area contributed by atoms with Crippen LogP contribution in [-0.4, -0.2) is 25.7 Å². The van der Waals surface area contributed by atoms with Crippen molar-refractivity contribution < 1.29 is 23.0 Å². The van der Waals surface area contributed by atoms with Crippen molar-refractivity contribution in [1.82, 2.24) is 0 Å². The highest BCUT2D eigenvalue weighted by Gasteiger charge is 2.14. The molecule has 20 heavy (non-hydrogen) atoms. The number of unbranched alkanes of at least 4 members (excludes halogenated alkanes) is 1. The number of hydrogen-bond donors (Lipinski definition) is 1. The zero-order valence-corrected chi connectivity index (χ0v) is 11.5. The van der Waals surface area contributed by atoms with E-state index in [1.54, 1.807) is 0 Å². The molecule has 1 aromatic rings. The molecule has 0 bridgehead atoms. The first-order valence-electron chi connectivity index (χ1n) is 6.54. The van der Waals surface area contributed by atoms with E-state index in [-0.39, 0.29) is 6.61 Å². The van der Waals surface area contributed by atoms with E-state index in [1.807, 2.05) is 6.92 Å². The predicted octanol–water partition coefficient (Wildman–Crippen LogP) is 2.19. The topological polar surface area (TPSA) is 61.5 Å². The van der Waals surface area contributed by atoms with E-state index >= 15 is 0 Å². The summed E-state index contributed by atoms with van der Waals surface area (Å²) in [6.45, 7) is 2.01. The highest BCUT2D eigenvalue weighted by atomic mass is 19.1. The smallest absolute Gasteiger partial charge is 0.344 e. The molecule has 0 unspecified atom stereocenters. The van der Waals surface area contributed by atoms with Crippen molar-refractivity contribution in [3.05, 3.63) is 29.3 Å². The van der Waals surface area contributed by atoms with Crippen LogP contribution in [0.2, 0.25) is 0 Å². The highest BCUT2D eigenvalue weighted by Crippen LogP contribution is 2.23. The Kier molecular flexibility index (Phi) is 6.93. The molecule has 0 aliphatic heterocycles. The molecule has 0 aliphatic carbocycles. The largest absolute Gasteiger partial charge is 0.476 e. The van der Waals surface area contributed by atoms with Crippen molar-refractivity contribution in [1.29, 1.82) is 0 Å². The second-order valence-corrected chi connectivity index (χ2v) is 4.29.